The third-order valence-corrected chi connectivity index (χ3v) is 4.69. The van der Waals surface area contributed by atoms with Crippen LogP contribution in [0.1, 0.15) is 32.7 Å². The number of aryl methyl sites for hydroxylation is 1. The van der Waals surface area contributed by atoms with Crippen molar-refractivity contribution in [1.29, 1.82) is 0 Å². The van der Waals surface area contributed by atoms with Crippen molar-refractivity contribution in [3.8, 4) is 11.3 Å². The van der Waals surface area contributed by atoms with Gasteiger partial charge in [-0.05, 0) is 18.9 Å². The molecule has 0 aliphatic carbocycles. The molecular weight excluding hydrogens is 302 g/mol. The van der Waals surface area contributed by atoms with E-state index in [4.69, 9.17) is 0 Å². The predicted molar refractivity (Wildman–Crippen MR) is 97.5 cm³/mol. The molecule has 2 aromatic heterocycles. The third kappa shape index (κ3) is 2.40. The minimum absolute atomic E-state index is 0.241. The summed E-state index contributed by atoms with van der Waals surface area (Å²) in [6.07, 6.45) is 4.01. The van der Waals surface area contributed by atoms with E-state index in [0.29, 0.717) is 10.9 Å². The Morgan fingerprint density at radius 1 is 1.04 bits per heavy atom. The zero-order valence-electron chi connectivity index (χ0n) is 14.6. The fraction of sp³-hybridized carbons (Fsp3) is 0.368. The molecule has 2 heterocycles. The first kappa shape index (κ1) is 16.3. The van der Waals surface area contributed by atoms with Gasteiger partial charge in [-0.25, -0.2) is 4.79 Å². The number of aromatic nitrogens is 3. The fourth-order valence-electron chi connectivity index (χ4n) is 3.35. The Morgan fingerprint density at radius 3 is 2.33 bits per heavy atom. The molecule has 0 N–H and O–H groups in total. The molecular formula is C19H23N3O2. The van der Waals surface area contributed by atoms with Gasteiger partial charge in [0.15, 0.2) is 0 Å². The maximum atomic E-state index is 12.8. The van der Waals surface area contributed by atoms with Crippen molar-refractivity contribution in [2.45, 2.75) is 32.7 Å². The van der Waals surface area contributed by atoms with E-state index >= 15 is 0 Å². The topological polar surface area (TPSA) is 48.9 Å². The maximum absolute atomic E-state index is 12.8. The molecule has 24 heavy (non-hydrogen) atoms. The number of hydrogen-bond acceptors (Lipinski definition) is 2. The lowest BCUT2D eigenvalue weighted by Crippen LogP contribution is -2.36. The van der Waals surface area contributed by atoms with Gasteiger partial charge in [-0.15, -0.1) is 0 Å². The molecule has 126 valence electrons. The van der Waals surface area contributed by atoms with Gasteiger partial charge in [0.2, 0.25) is 0 Å². The fourth-order valence-corrected chi connectivity index (χ4v) is 3.35. The van der Waals surface area contributed by atoms with Crippen LogP contribution in [0.4, 0.5) is 0 Å². The summed E-state index contributed by atoms with van der Waals surface area (Å²) in [6, 6.07) is 10.2. The summed E-state index contributed by atoms with van der Waals surface area (Å²) in [5, 5.41) is 0.605. The van der Waals surface area contributed by atoms with Crippen molar-refractivity contribution >= 4 is 10.9 Å². The summed E-state index contributed by atoms with van der Waals surface area (Å²) in [5.74, 6) is 0. The summed E-state index contributed by atoms with van der Waals surface area (Å²) in [6.45, 7) is 4.30. The molecule has 0 fully saturated rings. The van der Waals surface area contributed by atoms with Crippen LogP contribution in [0.3, 0.4) is 0 Å². The molecule has 3 aromatic rings. The van der Waals surface area contributed by atoms with Gasteiger partial charge in [0.25, 0.3) is 5.56 Å². The highest BCUT2D eigenvalue weighted by molar-refractivity contribution is 5.93. The van der Waals surface area contributed by atoms with Gasteiger partial charge >= 0.3 is 5.69 Å². The second kappa shape index (κ2) is 6.15. The first-order valence-corrected chi connectivity index (χ1v) is 8.33. The first-order valence-electron chi connectivity index (χ1n) is 8.33. The third-order valence-electron chi connectivity index (χ3n) is 4.69. The van der Waals surface area contributed by atoms with E-state index in [1.54, 1.807) is 11.6 Å². The molecule has 0 amide bonds. The highest BCUT2D eigenvalue weighted by atomic mass is 16.2. The Balaban J connectivity index is 2.48. The molecule has 1 aromatic carbocycles. The van der Waals surface area contributed by atoms with Crippen LogP contribution in [0.15, 0.2) is 46.1 Å². The lowest BCUT2D eigenvalue weighted by Gasteiger charge is -2.17. The predicted octanol–water partition coefficient (Wildman–Crippen LogP) is 3.07. The van der Waals surface area contributed by atoms with E-state index < -0.39 is 0 Å². The number of fused-ring (bicyclic) bond motifs is 1. The average molecular weight is 325 g/mol. The lowest BCUT2D eigenvalue weighted by molar-refractivity contribution is 0.507. The van der Waals surface area contributed by atoms with Crippen molar-refractivity contribution in [1.82, 2.24) is 13.7 Å². The van der Waals surface area contributed by atoms with E-state index in [1.807, 2.05) is 36.5 Å². The number of rotatable bonds is 4. The average Bonchev–Trinajstić information content (AvgIpc) is 3.00. The lowest BCUT2D eigenvalue weighted by atomic mass is 10.1. The van der Waals surface area contributed by atoms with Gasteiger partial charge in [-0.2, -0.15) is 0 Å². The van der Waals surface area contributed by atoms with E-state index in [1.165, 1.54) is 11.6 Å². The summed E-state index contributed by atoms with van der Waals surface area (Å²) in [4.78, 5) is 25.1. The normalized spacial score (nSPS) is 12.7. The first-order chi connectivity index (χ1) is 11.5. The van der Waals surface area contributed by atoms with Crippen LogP contribution in [-0.4, -0.2) is 13.7 Å². The van der Waals surface area contributed by atoms with E-state index in [-0.39, 0.29) is 17.3 Å². The van der Waals surface area contributed by atoms with Gasteiger partial charge < -0.3 is 4.57 Å². The minimum atomic E-state index is -0.299. The van der Waals surface area contributed by atoms with E-state index in [0.717, 1.165) is 24.1 Å². The molecule has 0 saturated carbocycles. The van der Waals surface area contributed by atoms with Crippen LogP contribution in [-0.2, 0) is 14.1 Å². The van der Waals surface area contributed by atoms with Crippen LogP contribution < -0.4 is 11.2 Å². The molecule has 5 nitrogen and oxygen atoms in total. The molecule has 5 heteroatoms. The van der Waals surface area contributed by atoms with Gasteiger partial charge in [0.05, 0.1) is 16.6 Å². The molecule has 0 aliphatic heterocycles. The molecule has 1 atom stereocenters. The molecule has 0 saturated heterocycles. The van der Waals surface area contributed by atoms with Crippen LogP contribution in [0.25, 0.3) is 22.2 Å². The van der Waals surface area contributed by atoms with Gasteiger partial charge in [-0.3, -0.25) is 13.9 Å². The number of benzene rings is 1. The standard InChI is InChI=1S/C19H23N3O2/c1-5-9-13(2)22-12-15-16(17(22)14-10-7-6-8-11-14)18(23)21(4)19(24)20(15)3/h6-8,10-13H,5,9H2,1-4H3/t13-/m0/s1. The van der Waals surface area contributed by atoms with Crippen molar-refractivity contribution in [2.24, 2.45) is 14.1 Å². The van der Waals surface area contributed by atoms with Crippen LogP contribution in [0.2, 0.25) is 0 Å². The second-order valence-corrected chi connectivity index (χ2v) is 6.35. The Bertz CT molecular complexity index is 993. The van der Waals surface area contributed by atoms with Gasteiger partial charge in [0, 0.05) is 26.3 Å². The summed E-state index contributed by atoms with van der Waals surface area (Å²) >= 11 is 0. The Hall–Kier alpha value is -2.56. The van der Waals surface area contributed by atoms with Gasteiger partial charge in [-0.1, -0.05) is 43.7 Å². The Morgan fingerprint density at radius 2 is 1.71 bits per heavy atom. The molecule has 0 bridgehead atoms. The number of nitrogens with zero attached hydrogens (tertiary/aromatic N) is 3. The highest BCUT2D eigenvalue weighted by Gasteiger charge is 2.21. The SMILES string of the molecule is CCC[C@H](C)n1cc2c(c1-c1ccccc1)c(=O)n(C)c(=O)n2C. The maximum Gasteiger partial charge on any atom is 0.330 e. The summed E-state index contributed by atoms with van der Waals surface area (Å²) in [7, 11) is 3.25. The smallest absolute Gasteiger partial charge is 0.330 e. The quantitative estimate of drug-likeness (QED) is 0.740. The van der Waals surface area contributed by atoms with Crippen LogP contribution >= 0.6 is 0 Å². The van der Waals surface area contributed by atoms with Crippen molar-refractivity contribution in [2.75, 3.05) is 0 Å². The van der Waals surface area contributed by atoms with Gasteiger partial charge in [0.1, 0.15) is 0 Å². The second-order valence-electron chi connectivity index (χ2n) is 6.35. The number of hydrogen-bond donors (Lipinski definition) is 0. The minimum Gasteiger partial charge on any atom is -0.342 e. The van der Waals surface area contributed by atoms with Crippen LogP contribution in [0.5, 0.6) is 0 Å². The van der Waals surface area contributed by atoms with E-state index in [9.17, 15) is 9.59 Å². The van der Waals surface area contributed by atoms with E-state index in [2.05, 4.69) is 18.4 Å². The zero-order chi connectivity index (χ0) is 17.4. The Kier molecular flexibility index (Phi) is 4.18. The Labute approximate surface area is 140 Å². The van der Waals surface area contributed by atoms with Crippen molar-refractivity contribution in [3.05, 3.63) is 57.4 Å². The largest absolute Gasteiger partial charge is 0.342 e. The molecule has 3 rings (SSSR count). The highest BCUT2D eigenvalue weighted by Crippen LogP contribution is 2.31. The molecule has 0 unspecified atom stereocenters. The summed E-state index contributed by atoms with van der Waals surface area (Å²) < 4.78 is 4.88. The van der Waals surface area contributed by atoms with Crippen molar-refractivity contribution < 1.29 is 0 Å². The molecule has 0 radical (unpaired) electrons. The van der Waals surface area contributed by atoms with Crippen LogP contribution in [0, 0.1) is 0 Å². The summed E-state index contributed by atoms with van der Waals surface area (Å²) in [5.41, 5.74) is 2.03. The van der Waals surface area contributed by atoms with Crippen molar-refractivity contribution in [3.63, 3.8) is 0 Å². The monoisotopic (exact) mass is 325 g/mol. The molecule has 0 aliphatic rings. The zero-order valence-corrected chi connectivity index (χ0v) is 14.6. The molecule has 0 spiro atoms.